The lowest BCUT2D eigenvalue weighted by Crippen LogP contribution is -2.01. The fourth-order valence-corrected chi connectivity index (χ4v) is 1.72. The fraction of sp³-hybridized carbons (Fsp3) is 0.154. The molecule has 0 amide bonds. The third kappa shape index (κ3) is 3.11. The van der Waals surface area contributed by atoms with E-state index in [2.05, 4.69) is 10.2 Å². The van der Waals surface area contributed by atoms with Crippen molar-refractivity contribution in [2.45, 2.75) is 6.42 Å². The first-order valence-corrected chi connectivity index (χ1v) is 5.78. The minimum absolute atomic E-state index is 0.00853. The zero-order chi connectivity index (χ0) is 12.1. The molecule has 1 aromatic carbocycles. The van der Waals surface area contributed by atoms with Gasteiger partial charge in [0.2, 0.25) is 0 Å². The molecule has 0 spiro atoms. The predicted octanol–water partition coefficient (Wildman–Crippen LogP) is 2.49. The Morgan fingerprint density at radius 1 is 1.24 bits per heavy atom. The van der Waals surface area contributed by atoms with Crippen molar-refractivity contribution in [2.75, 3.05) is 5.88 Å². The van der Waals surface area contributed by atoms with Crippen LogP contribution in [0.1, 0.15) is 21.6 Å². The van der Waals surface area contributed by atoms with Crippen molar-refractivity contribution < 1.29 is 4.79 Å². The first-order chi connectivity index (χ1) is 8.29. The molecule has 0 fully saturated rings. The Morgan fingerprint density at radius 3 is 2.82 bits per heavy atom. The second-order valence-corrected chi connectivity index (χ2v) is 3.92. The van der Waals surface area contributed by atoms with E-state index in [9.17, 15) is 4.79 Å². The molecule has 0 unspecified atom stereocenters. The van der Waals surface area contributed by atoms with Crippen molar-refractivity contribution in [3.8, 4) is 0 Å². The zero-order valence-electron chi connectivity index (χ0n) is 9.14. The van der Waals surface area contributed by atoms with Gasteiger partial charge in [0.1, 0.15) is 0 Å². The van der Waals surface area contributed by atoms with Crippen molar-refractivity contribution in [1.82, 2.24) is 10.2 Å². The van der Waals surface area contributed by atoms with E-state index in [-0.39, 0.29) is 11.7 Å². The van der Waals surface area contributed by atoms with Gasteiger partial charge in [0.25, 0.3) is 0 Å². The molecule has 1 heterocycles. The lowest BCUT2D eigenvalue weighted by atomic mass is 10.0. The maximum atomic E-state index is 11.5. The van der Waals surface area contributed by atoms with Gasteiger partial charge in [-0.2, -0.15) is 10.2 Å². The molecule has 0 aliphatic heterocycles. The highest BCUT2D eigenvalue weighted by Crippen LogP contribution is 2.10. The van der Waals surface area contributed by atoms with Crippen molar-refractivity contribution in [3.63, 3.8) is 0 Å². The highest BCUT2D eigenvalue weighted by Gasteiger charge is 2.05. The number of aromatic nitrogens is 2. The first kappa shape index (κ1) is 11.7. The normalized spacial score (nSPS) is 10.2. The summed E-state index contributed by atoms with van der Waals surface area (Å²) in [4.78, 5) is 11.5. The second-order valence-electron chi connectivity index (χ2n) is 3.65. The topological polar surface area (TPSA) is 42.9 Å². The average molecular weight is 247 g/mol. The summed E-state index contributed by atoms with van der Waals surface area (Å²) in [5.41, 5.74) is 2.55. The zero-order valence-corrected chi connectivity index (χ0v) is 9.89. The van der Waals surface area contributed by atoms with Crippen LogP contribution in [0.3, 0.4) is 0 Å². The molecular weight excluding hydrogens is 236 g/mol. The Hall–Kier alpha value is -1.74. The summed E-state index contributed by atoms with van der Waals surface area (Å²) < 4.78 is 0. The quantitative estimate of drug-likeness (QED) is 0.615. The molecule has 4 heteroatoms. The smallest absolute Gasteiger partial charge is 0.177 e. The van der Waals surface area contributed by atoms with Gasteiger partial charge in [-0.15, -0.1) is 11.6 Å². The largest absolute Gasteiger partial charge is 0.293 e. The number of carbonyl (C=O) groups is 1. The summed E-state index contributed by atoms with van der Waals surface area (Å²) in [7, 11) is 0. The number of halogens is 1. The van der Waals surface area contributed by atoms with E-state index in [0.29, 0.717) is 12.0 Å². The number of ketones is 1. The van der Waals surface area contributed by atoms with Crippen LogP contribution < -0.4 is 0 Å². The number of benzene rings is 1. The molecule has 0 atom stereocenters. The number of rotatable bonds is 4. The minimum atomic E-state index is -0.0623. The highest BCUT2D eigenvalue weighted by molar-refractivity contribution is 6.30. The van der Waals surface area contributed by atoms with Crippen LogP contribution in [0.5, 0.6) is 0 Å². The van der Waals surface area contributed by atoms with Crippen molar-refractivity contribution in [1.29, 1.82) is 0 Å². The van der Waals surface area contributed by atoms with E-state index in [0.717, 1.165) is 11.3 Å². The lowest BCUT2D eigenvalue weighted by molar-refractivity contribution is 0.102. The van der Waals surface area contributed by atoms with Gasteiger partial charge in [-0.1, -0.05) is 18.2 Å². The number of Topliss-reactive ketones (excluding diaryl/α,β-unsaturated/α-hetero) is 1. The monoisotopic (exact) mass is 246 g/mol. The SMILES string of the molecule is O=C(CCl)c1cccc(Cc2cccnn2)c1. The molecule has 0 radical (unpaired) electrons. The van der Waals surface area contributed by atoms with Crippen LogP contribution in [0.15, 0.2) is 42.6 Å². The number of hydrogen-bond acceptors (Lipinski definition) is 3. The molecule has 0 bridgehead atoms. The Bertz CT molecular complexity index is 514. The molecule has 86 valence electrons. The van der Waals surface area contributed by atoms with Gasteiger partial charge in [0.05, 0.1) is 11.6 Å². The fourth-order valence-electron chi connectivity index (χ4n) is 1.57. The van der Waals surface area contributed by atoms with Gasteiger partial charge in [-0.05, 0) is 23.8 Å². The van der Waals surface area contributed by atoms with E-state index < -0.39 is 0 Å². The highest BCUT2D eigenvalue weighted by atomic mass is 35.5. The molecule has 0 saturated heterocycles. The maximum absolute atomic E-state index is 11.5. The van der Waals surface area contributed by atoms with Crippen LogP contribution in [0.4, 0.5) is 0 Å². The number of hydrogen-bond donors (Lipinski definition) is 0. The molecule has 0 saturated carbocycles. The van der Waals surface area contributed by atoms with Crippen LogP contribution >= 0.6 is 11.6 Å². The number of nitrogens with zero attached hydrogens (tertiary/aromatic N) is 2. The third-order valence-electron chi connectivity index (χ3n) is 2.38. The predicted molar refractivity (Wildman–Crippen MR) is 66.3 cm³/mol. The summed E-state index contributed by atoms with van der Waals surface area (Å²) in [6.07, 6.45) is 2.30. The summed E-state index contributed by atoms with van der Waals surface area (Å²) in [5, 5.41) is 7.82. The molecule has 3 nitrogen and oxygen atoms in total. The molecule has 2 aromatic rings. The van der Waals surface area contributed by atoms with Crippen LogP contribution in [-0.4, -0.2) is 21.9 Å². The van der Waals surface area contributed by atoms with Crippen molar-refractivity contribution >= 4 is 17.4 Å². The Labute approximate surface area is 104 Å². The van der Waals surface area contributed by atoms with E-state index in [1.54, 1.807) is 12.3 Å². The summed E-state index contributed by atoms with van der Waals surface area (Å²) in [6.45, 7) is 0. The molecule has 0 aliphatic carbocycles. The van der Waals surface area contributed by atoms with E-state index in [4.69, 9.17) is 11.6 Å². The summed E-state index contributed by atoms with van der Waals surface area (Å²) in [6, 6.07) is 11.2. The molecule has 2 rings (SSSR count). The Kier molecular flexibility index (Phi) is 3.83. The average Bonchev–Trinajstić information content (AvgIpc) is 2.39. The Morgan fingerprint density at radius 2 is 2.12 bits per heavy atom. The summed E-state index contributed by atoms with van der Waals surface area (Å²) >= 11 is 5.53. The standard InChI is InChI=1S/C13H11ClN2O/c14-9-13(17)11-4-1-3-10(7-11)8-12-5-2-6-15-16-12/h1-7H,8-9H2. The minimum Gasteiger partial charge on any atom is -0.293 e. The second kappa shape index (κ2) is 5.55. The van der Waals surface area contributed by atoms with Gasteiger partial charge in [-0.25, -0.2) is 0 Å². The first-order valence-electron chi connectivity index (χ1n) is 5.24. The van der Waals surface area contributed by atoms with E-state index in [1.807, 2.05) is 30.3 Å². The van der Waals surface area contributed by atoms with Crippen LogP contribution in [0.25, 0.3) is 0 Å². The van der Waals surface area contributed by atoms with Gasteiger partial charge in [-0.3, -0.25) is 4.79 Å². The van der Waals surface area contributed by atoms with E-state index >= 15 is 0 Å². The van der Waals surface area contributed by atoms with Crippen LogP contribution in [0.2, 0.25) is 0 Å². The number of alkyl halides is 1. The molecule has 0 N–H and O–H groups in total. The lowest BCUT2D eigenvalue weighted by Gasteiger charge is -2.02. The summed E-state index contributed by atoms with van der Waals surface area (Å²) in [5.74, 6) is -0.0538. The van der Waals surface area contributed by atoms with E-state index in [1.165, 1.54) is 0 Å². The van der Waals surface area contributed by atoms with Gasteiger partial charge < -0.3 is 0 Å². The van der Waals surface area contributed by atoms with Crippen molar-refractivity contribution in [3.05, 3.63) is 59.4 Å². The van der Waals surface area contributed by atoms with Gasteiger partial charge in [0, 0.05) is 18.2 Å². The number of carbonyl (C=O) groups excluding carboxylic acids is 1. The van der Waals surface area contributed by atoms with Gasteiger partial charge >= 0.3 is 0 Å². The molecule has 0 aliphatic rings. The third-order valence-corrected chi connectivity index (χ3v) is 2.63. The molecule has 1 aromatic heterocycles. The van der Waals surface area contributed by atoms with Crippen LogP contribution in [0, 0.1) is 0 Å². The molecular formula is C13H11ClN2O. The van der Waals surface area contributed by atoms with Crippen LogP contribution in [-0.2, 0) is 6.42 Å². The maximum Gasteiger partial charge on any atom is 0.177 e. The Balaban J connectivity index is 2.20. The van der Waals surface area contributed by atoms with Crippen molar-refractivity contribution in [2.24, 2.45) is 0 Å². The van der Waals surface area contributed by atoms with Gasteiger partial charge in [0.15, 0.2) is 5.78 Å². The molecule has 17 heavy (non-hydrogen) atoms.